The van der Waals surface area contributed by atoms with Crippen molar-refractivity contribution in [1.29, 1.82) is 0 Å². The lowest BCUT2D eigenvalue weighted by Gasteiger charge is -2.25. The van der Waals surface area contributed by atoms with Gasteiger partial charge >= 0.3 is 5.97 Å². The molecule has 17 heavy (non-hydrogen) atoms. The Morgan fingerprint density at radius 2 is 2.18 bits per heavy atom. The van der Waals surface area contributed by atoms with Gasteiger partial charge in [-0.25, -0.2) is 4.39 Å². The third-order valence-electron chi connectivity index (χ3n) is 2.53. The van der Waals surface area contributed by atoms with E-state index in [0.29, 0.717) is 5.56 Å². The van der Waals surface area contributed by atoms with Gasteiger partial charge in [-0.2, -0.15) is 0 Å². The lowest BCUT2D eigenvalue weighted by Crippen LogP contribution is -2.52. The zero-order chi connectivity index (χ0) is 12.9. The van der Waals surface area contributed by atoms with Crippen LogP contribution in [-0.2, 0) is 16.1 Å². The van der Waals surface area contributed by atoms with Crippen LogP contribution in [0.3, 0.4) is 0 Å². The van der Waals surface area contributed by atoms with Gasteiger partial charge in [-0.1, -0.05) is 18.2 Å². The van der Waals surface area contributed by atoms with Gasteiger partial charge in [0.25, 0.3) is 0 Å². The van der Waals surface area contributed by atoms with Gasteiger partial charge in [-0.05, 0) is 13.0 Å². The second-order valence-corrected chi connectivity index (χ2v) is 4.02. The minimum atomic E-state index is -1.23. The first-order valence-electron chi connectivity index (χ1n) is 5.20. The first-order valence-corrected chi connectivity index (χ1v) is 5.20. The second kappa shape index (κ2) is 5.75. The summed E-state index contributed by atoms with van der Waals surface area (Å²) in [5.41, 5.74) is -0.798. The molecule has 4 nitrogen and oxygen atoms in total. The predicted octanol–water partition coefficient (Wildman–Crippen LogP) is 1.41. The largest absolute Gasteiger partial charge is 0.480 e. The Morgan fingerprint density at radius 1 is 1.53 bits per heavy atom. The number of carbonyl (C=O) groups is 1. The molecule has 0 spiro atoms. The Labute approximate surface area is 99.4 Å². The Kier molecular flexibility index (Phi) is 4.60. The molecular formula is C12H16FNO3. The maximum atomic E-state index is 13.3. The van der Waals surface area contributed by atoms with Crippen LogP contribution in [0.1, 0.15) is 12.5 Å². The molecule has 0 saturated heterocycles. The van der Waals surface area contributed by atoms with E-state index in [1.165, 1.54) is 20.1 Å². The molecule has 0 heterocycles. The zero-order valence-electron chi connectivity index (χ0n) is 9.87. The molecule has 0 aliphatic rings. The number of halogens is 1. The molecule has 94 valence electrons. The number of nitrogens with one attached hydrogen (secondary N) is 1. The average molecular weight is 241 g/mol. The van der Waals surface area contributed by atoms with Gasteiger partial charge in [0.1, 0.15) is 11.4 Å². The summed E-state index contributed by atoms with van der Waals surface area (Å²) in [6, 6.07) is 6.24. The van der Waals surface area contributed by atoms with E-state index in [9.17, 15) is 9.18 Å². The van der Waals surface area contributed by atoms with Crippen molar-refractivity contribution in [1.82, 2.24) is 5.32 Å². The van der Waals surface area contributed by atoms with Crippen LogP contribution in [0.15, 0.2) is 24.3 Å². The molecule has 2 N–H and O–H groups in total. The lowest BCUT2D eigenvalue weighted by atomic mass is 10.0. The van der Waals surface area contributed by atoms with E-state index >= 15 is 0 Å². The van der Waals surface area contributed by atoms with Crippen molar-refractivity contribution in [3.05, 3.63) is 35.6 Å². The fraction of sp³-hybridized carbons (Fsp3) is 0.417. The smallest absolute Gasteiger partial charge is 0.326 e. The van der Waals surface area contributed by atoms with Gasteiger partial charge in [-0.15, -0.1) is 0 Å². The highest BCUT2D eigenvalue weighted by atomic mass is 19.1. The summed E-state index contributed by atoms with van der Waals surface area (Å²) >= 11 is 0. The minimum absolute atomic E-state index is 0.0107. The quantitative estimate of drug-likeness (QED) is 0.790. The Balaban J connectivity index is 2.71. The maximum Gasteiger partial charge on any atom is 0.326 e. The van der Waals surface area contributed by atoms with Crippen LogP contribution < -0.4 is 5.32 Å². The Morgan fingerprint density at radius 3 is 2.71 bits per heavy atom. The highest BCUT2D eigenvalue weighted by Gasteiger charge is 2.32. The summed E-state index contributed by atoms with van der Waals surface area (Å²) in [6.45, 7) is 1.65. The van der Waals surface area contributed by atoms with Crippen molar-refractivity contribution in [2.75, 3.05) is 13.7 Å². The van der Waals surface area contributed by atoms with Crippen molar-refractivity contribution in [3.8, 4) is 0 Å². The monoisotopic (exact) mass is 241 g/mol. The molecule has 0 aliphatic carbocycles. The number of rotatable bonds is 6. The zero-order valence-corrected chi connectivity index (χ0v) is 9.87. The molecule has 1 rings (SSSR count). The number of hydrogen-bond acceptors (Lipinski definition) is 3. The summed E-state index contributed by atoms with van der Waals surface area (Å²) in [4.78, 5) is 11.1. The maximum absolute atomic E-state index is 13.3. The van der Waals surface area contributed by atoms with E-state index in [2.05, 4.69) is 5.32 Å². The summed E-state index contributed by atoms with van der Waals surface area (Å²) < 4.78 is 18.2. The molecule has 0 aromatic heterocycles. The standard InChI is InChI=1S/C12H16FNO3/c1-12(8-17-2,11(15)16)14-7-9-5-3-4-6-10(9)13/h3-6,14H,7-8H2,1-2H3,(H,15,16). The molecule has 0 radical (unpaired) electrons. The van der Waals surface area contributed by atoms with Crippen molar-refractivity contribution >= 4 is 5.97 Å². The first-order chi connectivity index (χ1) is 7.99. The highest BCUT2D eigenvalue weighted by Crippen LogP contribution is 2.10. The van der Waals surface area contributed by atoms with Crippen molar-refractivity contribution in [2.45, 2.75) is 19.0 Å². The number of carboxylic acid groups (broad SMARTS) is 1. The number of aliphatic carboxylic acids is 1. The van der Waals surface area contributed by atoms with Crippen molar-refractivity contribution in [3.63, 3.8) is 0 Å². The van der Waals surface area contributed by atoms with Gasteiger partial charge in [-0.3, -0.25) is 10.1 Å². The van der Waals surface area contributed by atoms with Crippen molar-refractivity contribution < 1.29 is 19.0 Å². The van der Waals surface area contributed by atoms with Crippen LogP contribution in [0.25, 0.3) is 0 Å². The molecule has 1 aromatic rings. The van der Waals surface area contributed by atoms with E-state index in [1.54, 1.807) is 18.2 Å². The first kappa shape index (κ1) is 13.6. The number of benzene rings is 1. The number of ether oxygens (including phenoxy) is 1. The molecule has 0 amide bonds. The highest BCUT2D eigenvalue weighted by molar-refractivity contribution is 5.78. The molecule has 1 atom stereocenters. The van der Waals surface area contributed by atoms with E-state index in [4.69, 9.17) is 9.84 Å². The summed E-state index contributed by atoms with van der Waals surface area (Å²) in [6.07, 6.45) is 0. The average Bonchev–Trinajstić information content (AvgIpc) is 2.28. The molecule has 0 saturated carbocycles. The van der Waals surface area contributed by atoms with Gasteiger partial charge in [0.05, 0.1) is 6.61 Å². The van der Waals surface area contributed by atoms with E-state index in [-0.39, 0.29) is 19.0 Å². The number of carboxylic acids is 1. The van der Waals surface area contributed by atoms with Crippen molar-refractivity contribution in [2.24, 2.45) is 0 Å². The predicted molar refractivity (Wildman–Crippen MR) is 61.2 cm³/mol. The van der Waals surface area contributed by atoms with Crippen LogP contribution in [0.4, 0.5) is 4.39 Å². The molecule has 1 unspecified atom stereocenters. The summed E-state index contributed by atoms with van der Waals surface area (Å²) in [5, 5.41) is 11.9. The van der Waals surface area contributed by atoms with Crippen LogP contribution in [0.5, 0.6) is 0 Å². The summed E-state index contributed by atoms with van der Waals surface area (Å²) in [7, 11) is 1.42. The number of hydrogen-bond donors (Lipinski definition) is 2. The van der Waals surface area contributed by atoms with Gasteiger partial charge in [0, 0.05) is 19.2 Å². The molecule has 0 aliphatic heterocycles. The van der Waals surface area contributed by atoms with Crippen LogP contribution in [-0.4, -0.2) is 30.3 Å². The lowest BCUT2D eigenvalue weighted by molar-refractivity contribution is -0.146. The third-order valence-corrected chi connectivity index (χ3v) is 2.53. The molecule has 0 fully saturated rings. The van der Waals surface area contributed by atoms with Gasteiger partial charge in [0.2, 0.25) is 0 Å². The van der Waals surface area contributed by atoms with E-state index in [0.717, 1.165) is 0 Å². The molecule has 0 bridgehead atoms. The molecular weight excluding hydrogens is 225 g/mol. The molecule has 1 aromatic carbocycles. The van der Waals surface area contributed by atoms with Crippen LogP contribution in [0.2, 0.25) is 0 Å². The SMILES string of the molecule is COCC(C)(NCc1ccccc1F)C(=O)O. The van der Waals surface area contributed by atoms with E-state index in [1.807, 2.05) is 0 Å². The second-order valence-electron chi connectivity index (χ2n) is 4.02. The number of methoxy groups -OCH3 is 1. The minimum Gasteiger partial charge on any atom is -0.480 e. The van der Waals surface area contributed by atoms with E-state index < -0.39 is 11.5 Å². The van der Waals surface area contributed by atoms with Gasteiger partial charge in [0.15, 0.2) is 0 Å². The Hall–Kier alpha value is -1.46. The van der Waals surface area contributed by atoms with Crippen LogP contribution >= 0.6 is 0 Å². The fourth-order valence-corrected chi connectivity index (χ4v) is 1.41. The normalized spacial score (nSPS) is 14.3. The third kappa shape index (κ3) is 3.51. The fourth-order valence-electron chi connectivity index (χ4n) is 1.41. The Bertz CT molecular complexity index is 397. The van der Waals surface area contributed by atoms with Gasteiger partial charge < -0.3 is 9.84 Å². The summed E-state index contributed by atoms with van der Waals surface area (Å²) in [5.74, 6) is -1.39. The van der Waals surface area contributed by atoms with Crippen LogP contribution in [0, 0.1) is 5.82 Å². The molecule has 5 heteroatoms. The topological polar surface area (TPSA) is 58.6 Å².